The number of primary amides is 1. The van der Waals surface area contributed by atoms with Crippen LogP contribution in [-0.2, 0) is 63.5 Å². The third-order valence-corrected chi connectivity index (χ3v) is 19.7. The molecule has 10 N–H and O–H groups in total. The van der Waals surface area contributed by atoms with Gasteiger partial charge in [-0.05, 0) is 70.5 Å². The van der Waals surface area contributed by atoms with E-state index in [1.807, 2.05) is 12.1 Å². The lowest BCUT2D eigenvalue weighted by Gasteiger charge is -2.25. The summed E-state index contributed by atoms with van der Waals surface area (Å²) in [6.45, 7) is 8.77. The summed E-state index contributed by atoms with van der Waals surface area (Å²) in [6.07, 6.45) is -1.20. The number of phosphoric ester groups is 1. The Hall–Kier alpha value is -8.31. The van der Waals surface area contributed by atoms with E-state index in [1.54, 1.807) is 97.6 Å². The van der Waals surface area contributed by atoms with Gasteiger partial charge in [0.1, 0.15) is 30.2 Å². The number of phosphoric acid groups is 1. The number of hydrogen-bond donors (Lipinski definition) is 8. The van der Waals surface area contributed by atoms with Crippen molar-refractivity contribution < 1.29 is 99.9 Å². The number of nitrogens with two attached hydrogens (primary N) is 2. The summed E-state index contributed by atoms with van der Waals surface area (Å²) in [5, 5.41) is 13.1. The Kier molecular flexibility index (Phi) is 34.1. The molecule has 5 aromatic carbocycles. The lowest BCUT2D eigenvalue weighted by atomic mass is 9.95. The van der Waals surface area contributed by atoms with Crippen molar-refractivity contribution in [2.75, 3.05) is 173 Å². The zero-order chi connectivity index (χ0) is 77.7. The number of thiophene rings is 1. The molecule has 0 bridgehead atoms. The van der Waals surface area contributed by atoms with E-state index in [4.69, 9.17) is 81.8 Å². The van der Waals surface area contributed by atoms with Gasteiger partial charge >= 0.3 is 26.0 Å². The number of methoxy groups -OCH3 is 1. The molecule has 0 radical (unpaired) electrons. The molecule has 0 saturated carbocycles. The maximum atomic E-state index is 14.8. The molecule has 4 atom stereocenters. The quantitative estimate of drug-likeness (QED) is 0.0103. The third kappa shape index (κ3) is 24.9. The fourth-order valence-electron chi connectivity index (χ4n) is 12.0. The van der Waals surface area contributed by atoms with Gasteiger partial charge in [0, 0.05) is 119 Å². The van der Waals surface area contributed by atoms with E-state index in [-0.39, 0.29) is 142 Å². The molecule has 35 heteroatoms. The molecule has 0 aliphatic carbocycles. The Morgan fingerprint density at radius 2 is 1.15 bits per heavy atom. The Morgan fingerprint density at radius 3 is 1.65 bits per heavy atom. The number of anilines is 3. The molecule has 2 aliphatic rings. The average molecular weight is 1580 g/mol. The lowest BCUT2D eigenvalue weighted by molar-refractivity contribution is -0.132. The van der Waals surface area contributed by atoms with Gasteiger partial charge in [0.2, 0.25) is 17.7 Å². The van der Waals surface area contributed by atoms with Crippen LogP contribution in [0.1, 0.15) is 81.0 Å². The minimum Gasteiger partial charge on any atom is -0.445 e. The second-order valence-electron chi connectivity index (χ2n) is 25.5. The highest BCUT2D eigenvalue weighted by molar-refractivity contribution is 7.46. The van der Waals surface area contributed by atoms with Crippen LogP contribution in [0.25, 0.3) is 21.5 Å². The number of nitrogens with zero attached hydrogens (tertiary/aromatic N) is 4. The summed E-state index contributed by atoms with van der Waals surface area (Å²) in [6, 6.07) is 23.9. The number of ether oxygens (including phenoxy) is 9. The van der Waals surface area contributed by atoms with Crippen molar-refractivity contribution in [1.82, 2.24) is 25.8 Å². The zero-order valence-corrected chi connectivity index (χ0v) is 63.9. The SMILES string of the molecule is COCCN(CCN(C)C(=O)OCc1ccc(NC(=O)[C@H](CCCNC(N)=O)NC(=O)[C@@H](NC(=O)CCOCCOCCOCCOCCOCCOCCN)C(C)C)cc1)C(=O)Oc1cc2c(c3ccccc13)[C@H](CCl)CN2C(=O)c1ccc(C(=O)N2C[C@@H](CCl)c3c2cc(OP(=O)(O)O)c2ccccc32)s1. The molecule has 0 unspecified atom stereocenters. The van der Waals surface area contributed by atoms with Crippen molar-refractivity contribution in [2.24, 2.45) is 17.4 Å². The molecule has 9 amide bonds. The molecular formula is C73H95Cl2N10O21PS. The predicted molar refractivity (Wildman–Crippen MR) is 407 cm³/mol. The normalized spacial score (nSPS) is 14.5. The molecular weight excluding hydrogens is 1490 g/mol. The monoisotopic (exact) mass is 1580 g/mol. The van der Waals surface area contributed by atoms with Gasteiger partial charge < -0.3 is 99.5 Å². The minimum absolute atomic E-state index is 0.00589. The number of alkyl halides is 2. The van der Waals surface area contributed by atoms with Gasteiger partial charge in [-0.25, -0.2) is 18.9 Å². The number of halogens is 2. The van der Waals surface area contributed by atoms with Crippen molar-refractivity contribution in [3.8, 4) is 11.5 Å². The van der Waals surface area contributed by atoms with Crippen LogP contribution in [0.4, 0.5) is 31.4 Å². The average Bonchev–Trinajstić information content (AvgIpc) is 1.57. The molecule has 31 nitrogen and oxygen atoms in total. The van der Waals surface area contributed by atoms with E-state index in [1.165, 1.54) is 34.9 Å². The number of carbonyl (C=O) groups is 8. The summed E-state index contributed by atoms with van der Waals surface area (Å²) in [5.74, 6) is -3.32. The highest BCUT2D eigenvalue weighted by atomic mass is 35.5. The van der Waals surface area contributed by atoms with E-state index in [9.17, 15) is 52.7 Å². The molecule has 0 fully saturated rings. The second kappa shape index (κ2) is 43.2. The highest BCUT2D eigenvalue weighted by Crippen LogP contribution is 2.50. The first-order chi connectivity index (χ1) is 52.0. The van der Waals surface area contributed by atoms with Crippen LogP contribution in [0.15, 0.2) is 97.1 Å². The third-order valence-electron chi connectivity index (χ3n) is 17.4. The van der Waals surface area contributed by atoms with Crippen LogP contribution in [-0.4, -0.2) is 237 Å². The Labute approximate surface area is 639 Å². The maximum Gasteiger partial charge on any atom is 0.524 e. The van der Waals surface area contributed by atoms with Crippen molar-refractivity contribution >= 4 is 129 Å². The fraction of sp³-hybridized carbons (Fsp3) is 0.479. The first kappa shape index (κ1) is 85.3. The number of urea groups is 1. The largest absolute Gasteiger partial charge is 0.524 e. The molecule has 108 heavy (non-hydrogen) atoms. The van der Waals surface area contributed by atoms with E-state index in [2.05, 4.69) is 21.3 Å². The molecule has 8 rings (SSSR count). The maximum absolute atomic E-state index is 14.8. The van der Waals surface area contributed by atoms with Crippen molar-refractivity contribution in [1.29, 1.82) is 0 Å². The van der Waals surface area contributed by atoms with Gasteiger partial charge in [-0.2, -0.15) is 0 Å². The molecule has 588 valence electrons. The van der Waals surface area contributed by atoms with Gasteiger partial charge in [0.15, 0.2) is 0 Å². The summed E-state index contributed by atoms with van der Waals surface area (Å²) >= 11 is 14.1. The van der Waals surface area contributed by atoms with Crippen LogP contribution in [0, 0.1) is 5.92 Å². The molecule has 0 saturated heterocycles. The smallest absolute Gasteiger partial charge is 0.445 e. The first-order valence-corrected chi connectivity index (χ1v) is 38.7. The summed E-state index contributed by atoms with van der Waals surface area (Å²) in [5.41, 5.74) is 13.8. The minimum atomic E-state index is -5.02. The van der Waals surface area contributed by atoms with Crippen LogP contribution in [0.3, 0.4) is 0 Å². The van der Waals surface area contributed by atoms with Crippen molar-refractivity contribution in [3.63, 3.8) is 0 Å². The van der Waals surface area contributed by atoms with E-state index >= 15 is 0 Å². The molecule has 3 heterocycles. The zero-order valence-electron chi connectivity index (χ0n) is 60.7. The Balaban J connectivity index is 0.813. The highest BCUT2D eigenvalue weighted by Gasteiger charge is 2.40. The number of benzene rings is 5. The first-order valence-electron chi connectivity index (χ1n) is 35.3. The van der Waals surface area contributed by atoms with Gasteiger partial charge in [-0.3, -0.25) is 33.8 Å². The molecule has 6 aromatic rings. The number of likely N-dealkylation sites (N-methyl/N-ethyl adjacent to an activating group) is 1. The van der Waals surface area contributed by atoms with Crippen LogP contribution >= 0.6 is 42.4 Å². The summed E-state index contributed by atoms with van der Waals surface area (Å²) in [4.78, 5) is 135. The van der Waals surface area contributed by atoms with E-state index in [0.717, 1.165) is 16.9 Å². The standard InChI is InChI=1S/C73H95Cl2N10O21PS/c1-47(2)66(81-63(86)21-27-98-30-32-100-34-36-102-38-39-103-37-35-101-33-31-99-28-22-76)68(88)80-56(14-9-23-78-71(77)91)67(87)79-51-17-15-48(16-18-51)46-104-72(92)82(3)24-25-83(26-29-97-4)73(93)105-59-40-57-64(54-12-7-5-10-52(54)59)49(42-74)44-84(57)69(89)61-19-20-62(108-61)70(90)85-45-50(43-75)65-55-13-8-6-11-53(55)60(41-58(65)85)106-107(94,95)96/h5-8,10-13,15-20,40-41,47,49-50,56,66H,9,14,21-39,42-46,76H2,1-4H3,(H,79,87)(H,80,88)(H,81,86)(H3,77,78,91)(H2,94,95,96)/t49-,50-,56+,66+/m1/s1. The van der Waals surface area contributed by atoms with E-state index < -0.39 is 67.7 Å². The second-order valence-corrected chi connectivity index (χ2v) is 28.4. The van der Waals surface area contributed by atoms with E-state index in [0.29, 0.717) is 116 Å². The number of nitrogens with one attached hydrogen (secondary N) is 4. The lowest BCUT2D eigenvalue weighted by Crippen LogP contribution is -2.54. The van der Waals surface area contributed by atoms with Crippen molar-refractivity contribution in [2.45, 2.75) is 63.6 Å². The van der Waals surface area contributed by atoms with Gasteiger partial charge in [-0.1, -0.05) is 74.5 Å². The number of carbonyl (C=O) groups excluding carboxylic acids is 8. The van der Waals surface area contributed by atoms with Crippen molar-refractivity contribution in [3.05, 3.63) is 124 Å². The van der Waals surface area contributed by atoms with Crippen LogP contribution < -0.4 is 51.8 Å². The number of fused-ring (bicyclic) bond motifs is 6. The number of amides is 9. The fourth-order valence-corrected chi connectivity index (χ4v) is 13.9. The van der Waals surface area contributed by atoms with Gasteiger partial charge in [0.25, 0.3) is 11.8 Å². The predicted octanol–water partition coefficient (Wildman–Crippen LogP) is 7.67. The summed E-state index contributed by atoms with van der Waals surface area (Å²) in [7, 11) is -2.04. The topological polar surface area (TPSA) is 400 Å². The Morgan fingerprint density at radius 1 is 0.639 bits per heavy atom. The molecule has 1 aromatic heterocycles. The molecule has 2 aliphatic heterocycles. The Bertz CT molecular complexity index is 4060. The summed E-state index contributed by atoms with van der Waals surface area (Å²) < 4.78 is 67.1. The van der Waals surface area contributed by atoms with Gasteiger partial charge in [0.05, 0.1) is 107 Å². The van der Waals surface area contributed by atoms with Crippen LogP contribution in [0.5, 0.6) is 11.5 Å². The number of hydrogen-bond acceptors (Lipinski definition) is 21. The molecule has 0 spiro atoms. The van der Waals surface area contributed by atoms with Gasteiger partial charge in [-0.15, -0.1) is 34.5 Å². The number of rotatable bonds is 45. The van der Waals surface area contributed by atoms with Crippen LogP contribution in [0.2, 0.25) is 0 Å².